The van der Waals surface area contributed by atoms with Gasteiger partial charge in [0.05, 0.1) is 11.3 Å². The summed E-state index contributed by atoms with van der Waals surface area (Å²) in [4.78, 5) is 4.47. The molecule has 1 aliphatic heterocycles. The molecule has 2 aromatic rings. The minimum Gasteiger partial charge on any atom is -0.375 e. The van der Waals surface area contributed by atoms with Gasteiger partial charge in [-0.2, -0.15) is 5.10 Å². The van der Waals surface area contributed by atoms with Crippen molar-refractivity contribution >= 4 is 17.1 Å². The van der Waals surface area contributed by atoms with E-state index in [-0.39, 0.29) is 5.60 Å². The molecule has 104 valence electrons. The minimum absolute atomic E-state index is 0.112. The lowest BCUT2D eigenvalue weighted by Crippen LogP contribution is -2.35. The highest BCUT2D eigenvalue weighted by atomic mass is 16.5. The molecule has 0 saturated carbocycles. The second kappa shape index (κ2) is 3.96. The first kappa shape index (κ1) is 12.5. The first-order valence-corrected chi connectivity index (χ1v) is 6.70. The van der Waals surface area contributed by atoms with Gasteiger partial charge >= 0.3 is 0 Å². The average molecular weight is 263 g/mol. The summed E-state index contributed by atoms with van der Waals surface area (Å²) in [6.07, 6.45) is 1.90. The van der Waals surface area contributed by atoms with Crippen LogP contribution in [0.15, 0.2) is 0 Å². The zero-order chi connectivity index (χ0) is 13.8. The van der Waals surface area contributed by atoms with Crippen molar-refractivity contribution < 1.29 is 4.74 Å². The Bertz CT molecular complexity index is 625. The van der Waals surface area contributed by atoms with Crippen LogP contribution in [0.2, 0.25) is 0 Å². The topological polar surface area (TPSA) is 70.9 Å². The molecule has 6 heteroatoms. The number of aromatic nitrogens is 4. The SMILES string of the molecule is Cc1nn(C)c2c1nc(N)n2C1CCOC(C)(C)C1. The maximum Gasteiger partial charge on any atom is 0.202 e. The molecule has 19 heavy (non-hydrogen) atoms. The number of ether oxygens (including phenoxy) is 1. The molecule has 1 saturated heterocycles. The lowest BCUT2D eigenvalue weighted by atomic mass is 9.94. The molecule has 2 N–H and O–H groups in total. The number of hydrogen-bond acceptors (Lipinski definition) is 4. The first-order valence-electron chi connectivity index (χ1n) is 6.70. The normalized spacial score (nSPS) is 23.1. The second-order valence-corrected chi connectivity index (χ2v) is 5.98. The Morgan fingerprint density at radius 1 is 1.42 bits per heavy atom. The Morgan fingerprint density at radius 3 is 2.84 bits per heavy atom. The maximum absolute atomic E-state index is 6.12. The standard InChI is InChI=1S/C13H21N5O/c1-8-10-11(17(4)16-8)18(12(14)15-10)9-5-6-19-13(2,3)7-9/h9H,5-7H2,1-4H3,(H2,14,15). The molecule has 0 radical (unpaired) electrons. The van der Waals surface area contributed by atoms with E-state index in [1.807, 2.05) is 18.7 Å². The molecule has 0 aliphatic carbocycles. The van der Waals surface area contributed by atoms with Crippen molar-refractivity contribution in [3.8, 4) is 0 Å². The smallest absolute Gasteiger partial charge is 0.202 e. The van der Waals surface area contributed by atoms with E-state index in [0.717, 1.165) is 36.3 Å². The number of anilines is 1. The lowest BCUT2D eigenvalue weighted by molar-refractivity contribution is -0.0683. The highest BCUT2D eigenvalue weighted by Crippen LogP contribution is 2.36. The number of rotatable bonds is 1. The molecular weight excluding hydrogens is 242 g/mol. The molecule has 0 spiro atoms. The van der Waals surface area contributed by atoms with E-state index in [2.05, 4.69) is 28.5 Å². The van der Waals surface area contributed by atoms with Gasteiger partial charge in [0.25, 0.3) is 0 Å². The molecule has 3 heterocycles. The van der Waals surface area contributed by atoms with E-state index < -0.39 is 0 Å². The van der Waals surface area contributed by atoms with Crippen LogP contribution in [-0.2, 0) is 11.8 Å². The molecule has 3 rings (SSSR count). The van der Waals surface area contributed by atoms with Crippen molar-refractivity contribution in [3.63, 3.8) is 0 Å². The van der Waals surface area contributed by atoms with Gasteiger partial charge in [-0.05, 0) is 33.6 Å². The van der Waals surface area contributed by atoms with Crippen LogP contribution in [0, 0.1) is 6.92 Å². The van der Waals surface area contributed by atoms with Crippen molar-refractivity contribution in [1.29, 1.82) is 0 Å². The highest BCUT2D eigenvalue weighted by molar-refractivity contribution is 5.77. The summed E-state index contributed by atoms with van der Waals surface area (Å²) >= 11 is 0. The number of hydrogen-bond donors (Lipinski definition) is 1. The fourth-order valence-corrected chi connectivity index (χ4v) is 3.09. The second-order valence-electron chi connectivity index (χ2n) is 5.98. The molecule has 1 fully saturated rings. The molecule has 0 bridgehead atoms. The molecule has 1 atom stereocenters. The number of nitrogens with zero attached hydrogens (tertiary/aromatic N) is 4. The van der Waals surface area contributed by atoms with Crippen molar-refractivity contribution in [1.82, 2.24) is 19.3 Å². The Morgan fingerprint density at radius 2 is 2.16 bits per heavy atom. The fourth-order valence-electron chi connectivity index (χ4n) is 3.09. The summed E-state index contributed by atoms with van der Waals surface area (Å²) in [6.45, 7) is 6.97. The van der Waals surface area contributed by atoms with E-state index in [9.17, 15) is 0 Å². The van der Waals surface area contributed by atoms with E-state index >= 15 is 0 Å². The van der Waals surface area contributed by atoms with E-state index in [4.69, 9.17) is 10.5 Å². The summed E-state index contributed by atoms with van der Waals surface area (Å²) in [6, 6.07) is 0.323. The van der Waals surface area contributed by atoms with Gasteiger partial charge in [-0.15, -0.1) is 0 Å². The van der Waals surface area contributed by atoms with Crippen molar-refractivity contribution in [2.24, 2.45) is 7.05 Å². The Kier molecular flexibility index (Phi) is 2.60. The highest BCUT2D eigenvalue weighted by Gasteiger charge is 2.32. The number of fused-ring (bicyclic) bond motifs is 1. The van der Waals surface area contributed by atoms with Crippen LogP contribution in [0.4, 0.5) is 5.95 Å². The van der Waals surface area contributed by atoms with Crippen molar-refractivity contribution in [3.05, 3.63) is 5.69 Å². The minimum atomic E-state index is -0.112. The number of nitrogen functional groups attached to an aromatic ring is 1. The van der Waals surface area contributed by atoms with Crippen LogP contribution < -0.4 is 5.73 Å². The molecule has 0 aromatic carbocycles. The third kappa shape index (κ3) is 1.90. The largest absolute Gasteiger partial charge is 0.375 e. The van der Waals surface area contributed by atoms with Crippen molar-refractivity contribution in [2.75, 3.05) is 12.3 Å². The number of nitrogens with two attached hydrogens (primary N) is 1. The van der Waals surface area contributed by atoms with Crippen LogP contribution in [0.5, 0.6) is 0 Å². The number of imidazole rings is 1. The summed E-state index contributed by atoms with van der Waals surface area (Å²) in [5.41, 5.74) is 8.86. The van der Waals surface area contributed by atoms with E-state index in [1.165, 1.54) is 0 Å². The zero-order valence-electron chi connectivity index (χ0n) is 12.0. The molecule has 2 aromatic heterocycles. The lowest BCUT2D eigenvalue weighted by Gasteiger charge is -2.36. The number of aryl methyl sites for hydroxylation is 2. The molecule has 1 unspecified atom stereocenters. The van der Waals surface area contributed by atoms with Gasteiger partial charge in [-0.25, -0.2) is 4.98 Å². The third-order valence-corrected chi connectivity index (χ3v) is 3.90. The van der Waals surface area contributed by atoms with Crippen LogP contribution >= 0.6 is 0 Å². The van der Waals surface area contributed by atoms with Gasteiger partial charge in [0.2, 0.25) is 5.95 Å². The van der Waals surface area contributed by atoms with Crippen LogP contribution in [-0.4, -0.2) is 31.5 Å². The molecule has 6 nitrogen and oxygen atoms in total. The third-order valence-electron chi connectivity index (χ3n) is 3.90. The maximum atomic E-state index is 6.12. The van der Waals surface area contributed by atoms with E-state index in [1.54, 1.807) is 0 Å². The predicted molar refractivity (Wildman–Crippen MR) is 74.0 cm³/mol. The summed E-state index contributed by atoms with van der Waals surface area (Å²) in [5.74, 6) is 0.578. The van der Waals surface area contributed by atoms with Crippen molar-refractivity contribution in [2.45, 2.75) is 45.3 Å². The average Bonchev–Trinajstić information content (AvgIpc) is 2.76. The summed E-state index contributed by atoms with van der Waals surface area (Å²) in [5, 5.41) is 4.43. The Labute approximate surface area is 112 Å². The molecule has 1 aliphatic rings. The quantitative estimate of drug-likeness (QED) is 0.851. The zero-order valence-corrected chi connectivity index (χ0v) is 12.0. The Balaban J connectivity index is 2.11. The molecular formula is C13H21N5O. The van der Waals surface area contributed by atoms with Crippen LogP contribution in [0.3, 0.4) is 0 Å². The predicted octanol–water partition coefficient (Wildman–Crippen LogP) is 1.79. The van der Waals surface area contributed by atoms with Gasteiger partial charge in [-0.3, -0.25) is 9.25 Å². The molecule has 0 amide bonds. The van der Waals surface area contributed by atoms with Gasteiger partial charge < -0.3 is 10.5 Å². The first-order chi connectivity index (χ1) is 8.89. The fraction of sp³-hybridized carbons (Fsp3) is 0.692. The van der Waals surface area contributed by atoms with Gasteiger partial charge in [0.1, 0.15) is 5.52 Å². The summed E-state index contributed by atoms with van der Waals surface area (Å²) in [7, 11) is 1.94. The van der Waals surface area contributed by atoms with Crippen LogP contribution in [0.1, 0.15) is 38.4 Å². The van der Waals surface area contributed by atoms with Gasteiger partial charge in [-0.1, -0.05) is 0 Å². The summed E-state index contributed by atoms with van der Waals surface area (Å²) < 4.78 is 9.78. The van der Waals surface area contributed by atoms with Crippen LogP contribution in [0.25, 0.3) is 11.2 Å². The van der Waals surface area contributed by atoms with E-state index in [0.29, 0.717) is 12.0 Å². The Hall–Kier alpha value is -1.56. The van der Waals surface area contributed by atoms with Gasteiger partial charge in [0, 0.05) is 19.7 Å². The van der Waals surface area contributed by atoms with Gasteiger partial charge in [0.15, 0.2) is 5.65 Å². The monoisotopic (exact) mass is 263 g/mol.